The summed E-state index contributed by atoms with van der Waals surface area (Å²) in [6, 6.07) is 5.01. The quantitative estimate of drug-likeness (QED) is 0.759. The van der Waals surface area contributed by atoms with E-state index in [4.69, 9.17) is 5.11 Å². The molecule has 0 atom stereocenters. The van der Waals surface area contributed by atoms with Gasteiger partial charge in [0.2, 0.25) is 0 Å². The number of halogens is 1. The van der Waals surface area contributed by atoms with Gasteiger partial charge in [-0.05, 0) is 37.8 Å². The van der Waals surface area contributed by atoms with Gasteiger partial charge in [0.1, 0.15) is 5.82 Å². The predicted molar refractivity (Wildman–Crippen MR) is 56.3 cm³/mol. The van der Waals surface area contributed by atoms with E-state index in [0.717, 1.165) is 5.56 Å². The Kier molecular flexibility index (Phi) is 4.28. The Labute approximate surface area is 88.7 Å². The van der Waals surface area contributed by atoms with E-state index in [1.165, 1.54) is 6.07 Å². The molecule has 0 amide bonds. The Morgan fingerprint density at radius 1 is 1.40 bits per heavy atom. The molecule has 0 saturated carbocycles. The Balaban J connectivity index is 2.43. The number of unbranched alkanes of at least 4 members (excludes halogenated alkanes) is 1. The molecular formula is C12H15FO2. The van der Waals surface area contributed by atoms with Gasteiger partial charge in [-0.1, -0.05) is 17.7 Å². The molecule has 2 nitrogen and oxygen atoms in total. The molecule has 0 saturated heterocycles. The molecule has 0 aliphatic rings. The molecule has 1 aromatic rings. The van der Waals surface area contributed by atoms with Crippen molar-refractivity contribution in [1.82, 2.24) is 0 Å². The number of carbonyl (C=O) groups is 1. The Hall–Kier alpha value is -1.38. The number of hydrogen-bond acceptors (Lipinski definition) is 1. The Morgan fingerprint density at radius 3 is 2.80 bits per heavy atom. The molecule has 1 aromatic carbocycles. The maximum Gasteiger partial charge on any atom is 0.303 e. The third-order valence-electron chi connectivity index (χ3n) is 2.29. The molecule has 82 valence electrons. The standard InChI is InChI=1S/C12H15FO2/c1-9-6-7-11(13)10(8-9)4-2-3-5-12(14)15/h6-8H,2-5H2,1H3,(H,14,15). The van der Waals surface area contributed by atoms with Crippen molar-refractivity contribution in [3.63, 3.8) is 0 Å². The van der Waals surface area contributed by atoms with Crippen LogP contribution in [0.1, 0.15) is 30.4 Å². The van der Waals surface area contributed by atoms with Crippen molar-refractivity contribution in [2.45, 2.75) is 32.6 Å². The first-order valence-electron chi connectivity index (χ1n) is 5.06. The third-order valence-corrected chi connectivity index (χ3v) is 2.29. The molecule has 0 aliphatic heterocycles. The molecule has 0 unspecified atom stereocenters. The Morgan fingerprint density at radius 2 is 2.13 bits per heavy atom. The zero-order valence-corrected chi connectivity index (χ0v) is 8.79. The zero-order valence-electron chi connectivity index (χ0n) is 8.79. The van der Waals surface area contributed by atoms with E-state index in [2.05, 4.69) is 0 Å². The predicted octanol–water partition coefficient (Wildman–Crippen LogP) is 2.93. The first-order valence-corrected chi connectivity index (χ1v) is 5.06. The van der Waals surface area contributed by atoms with E-state index in [1.54, 1.807) is 6.07 Å². The highest BCUT2D eigenvalue weighted by atomic mass is 19.1. The largest absolute Gasteiger partial charge is 0.481 e. The highest BCUT2D eigenvalue weighted by molar-refractivity contribution is 5.66. The molecule has 0 fully saturated rings. The highest BCUT2D eigenvalue weighted by Crippen LogP contribution is 2.13. The van der Waals surface area contributed by atoms with Crippen molar-refractivity contribution >= 4 is 5.97 Å². The number of aryl methyl sites for hydroxylation is 2. The molecule has 1 rings (SSSR count). The third kappa shape index (κ3) is 4.11. The van der Waals surface area contributed by atoms with Gasteiger partial charge < -0.3 is 5.11 Å². The van der Waals surface area contributed by atoms with E-state index >= 15 is 0 Å². The molecule has 0 aliphatic carbocycles. The monoisotopic (exact) mass is 210 g/mol. The molecule has 1 N–H and O–H groups in total. The number of hydrogen-bond donors (Lipinski definition) is 1. The summed E-state index contributed by atoms with van der Waals surface area (Å²) in [5, 5.41) is 8.44. The maximum atomic E-state index is 13.2. The SMILES string of the molecule is Cc1ccc(F)c(CCCCC(=O)O)c1. The molecule has 0 aromatic heterocycles. The van der Waals surface area contributed by atoms with Crippen molar-refractivity contribution in [3.8, 4) is 0 Å². The van der Waals surface area contributed by atoms with Gasteiger partial charge in [-0.2, -0.15) is 0 Å². The van der Waals surface area contributed by atoms with E-state index in [1.807, 2.05) is 13.0 Å². The normalized spacial score (nSPS) is 10.3. The summed E-state index contributed by atoms with van der Waals surface area (Å²) in [4.78, 5) is 10.3. The van der Waals surface area contributed by atoms with Crippen molar-refractivity contribution < 1.29 is 14.3 Å². The first kappa shape index (κ1) is 11.7. The van der Waals surface area contributed by atoms with Crippen LogP contribution < -0.4 is 0 Å². The first-order chi connectivity index (χ1) is 7.09. The lowest BCUT2D eigenvalue weighted by Crippen LogP contribution is -1.96. The second kappa shape index (κ2) is 5.49. The fourth-order valence-corrected chi connectivity index (χ4v) is 1.49. The van der Waals surface area contributed by atoms with Gasteiger partial charge in [0.05, 0.1) is 0 Å². The molecule has 0 heterocycles. The van der Waals surface area contributed by atoms with Crippen LogP contribution in [0.2, 0.25) is 0 Å². The van der Waals surface area contributed by atoms with E-state index in [0.29, 0.717) is 24.8 Å². The minimum atomic E-state index is -0.792. The van der Waals surface area contributed by atoms with Crippen molar-refractivity contribution in [3.05, 3.63) is 35.1 Å². The second-order valence-corrected chi connectivity index (χ2v) is 3.70. The number of carboxylic acid groups (broad SMARTS) is 1. The van der Waals surface area contributed by atoms with Crippen molar-refractivity contribution in [2.24, 2.45) is 0 Å². The topological polar surface area (TPSA) is 37.3 Å². The highest BCUT2D eigenvalue weighted by Gasteiger charge is 2.03. The number of rotatable bonds is 5. The lowest BCUT2D eigenvalue weighted by Gasteiger charge is -2.03. The van der Waals surface area contributed by atoms with Crippen LogP contribution in [0, 0.1) is 12.7 Å². The van der Waals surface area contributed by atoms with Crippen LogP contribution in [0.5, 0.6) is 0 Å². The molecule has 0 bridgehead atoms. The number of carboxylic acids is 1. The van der Waals surface area contributed by atoms with Gasteiger partial charge in [0.15, 0.2) is 0 Å². The summed E-state index contributed by atoms with van der Waals surface area (Å²) in [7, 11) is 0. The summed E-state index contributed by atoms with van der Waals surface area (Å²) >= 11 is 0. The zero-order chi connectivity index (χ0) is 11.3. The van der Waals surface area contributed by atoms with Crippen LogP contribution in [0.25, 0.3) is 0 Å². The summed E-state index contributed by atoms with van der Waals surface area (Å²) in [5.41, 5.74) is 1.71. The van der Waals surface area contributed by atoms with Crippen LogP contribution in [-0.4, -0.2) is 11.1 Å². The molecule has 15 heavy (non-hydrogen) atoms. The average molecular weight is 210 g/mol. The number of benzene rings is 1. The van der Waals surface area contributed by atoms with Crippen LogP contribution in [0.3, 0.4) is 0 Å². The summed E-state index contributed by atoms with van der Waals surface area (Å²) in [6.07, 6.45) is 2.09. The summed E-state index contributed by atoms with van der Waals surface area (Å²) in [6.45, 7) is 1.92. The average Bonchev–Trinajstić information content (AvgIpc) is 2.17. The Bertz CT molecular complexity index is 347. The van der Waals surface area contributed by atoms with Crippen molar-refractivity contribution in [2.75, 3.05) is 0 Å². The van der Waals surface area contributed by atoms with E-state index in [-0.39, 0.29) is 12.2 Å². The molecular weight excluding hydrogens is 195 g/mol. The fraction of sp³-hybridized carbons (Fsp3) is 0.417. The number of aliphatic carboxylic acids is 1. The van der Waals surface area contributed by atoms with Gasteiger partial charge >= 0.3 is 5.97 Å². The lowest BCUT2D eigenvalue weighted by atomic mass is 10.0. The smallest absolute Gasteiger partial charge is 0.303 e. The van der Waals surface area contributed by atoms with Gasteiger partial charge in [-0.15, -0.1) is 0 Å². The minimum absolute atomic E-state index is 0.160. The van der Waals surface area contributed by atoms with Crippen LogP contribution in [0.4, 0.5) is 4.39 Å². The van der Waals surface area contributed by atoms with Gasteiger partial charge in [0, 0.05) is 6.42 Å². The van der Waals surface area contributed by atoms with Gasteiger partial charge in [-0.25, -0.2) is 4.39 Å². The molecule has 0 radical (unpaired) electrons. The van der Waals surface area contributed by atoms with Crippen LogP contribution in [0.15, 0.2) is 18.2 Å². The van der Waals surface area contributed by atoms with Gasteiger partial charge in [-0.3, -0.25) is 4.79 Å². The second-order valence-electron chi connectivity index (χ2n) is 3.70. The van der Waals surface area contributed by atoms with Gasteiger partial charge in [0.25, 0.3) is 0 Å². The minimum Gasteiger partial charge on any atom is -0.481 e. The van der Waals surface area contributed by atoms with Crippen LogP contribution >= 0.6 is 0 Å². The maximum absolute atomic E-state index is 13.2. The van der Waals surface area contributed by atoms with Crippen molar-refractivity contribution in [1.29, 1.82) is 0 Å². The fourth-order valence-electron chi connectivity index (χ4n) is 1.49. The molecule has 3 heteroatoms. The van der Waals surface area contributed by atoms with E-state index in [9.17, 15) is 9.18 Å². The van der Waals surface area contributed by atoms with Crippen LogP contribution in [-0.2, 0) is 11.2 Å². The summed E-state index contributed by atoms with van der Waals surface area (Å²) < 4.78 is 13.2. The van der Waals surface area contributed by atoms with E-state index < -0.39 is 5.97 Å². The summed E-state index contributed by atoms with van der Waals surface area (Å²) in [5.74, 6) is -0.990. The molecule has 0 spiro atoms. The lowest BCUT2D eigenvalue weighted by molar-refractivity contribution is -0.137.